The first kappa shape index (κ1) is 13.6. The first-order valence-corrected chi connectivity index (χ1v) is 7.54. The average Bonchev–Trinajstić information content (AvgIpc) is 2.70. The zero-order valence-electron chi connectivity index (χ0n) is 9.38. The highest BCUT2D eigenvalue weighted by Gasteiger charge is 2.06. The minimum absolute atomic E-state index is 0.0319. The van der Waals surface area contributed by atoms with Crippen LogP contribution in [0.2, 0.25) is 0 Å². The highest BCUT2D eigenvalue weighted by molar-refractivity contribution is 9.10. The van der Waals surface area contributed by atoms with E-state index in [4.69, 9.17) is 0 Å². The smallest absolute Gasteiger partial charge is 0.267 e. The average molecular weight is 305 g/mol. The summed E-state index contributed by atoms with van der Waals surface area (Å²) in [5, 5.41) is 2.89. The molecule has 1 heterocycles. The van der Waals surface area contributed by atoms with Crippen molar-refractivity contribution < 1.29 is 4.79 Å². The number of amides is 1. The Hall–Kier alpha value is -0.420. The highest BCUT2D eigenvalue weighted by atomic mass is 79.9. The maximum atomic E-state index is 11.6. The van der Waals surface area contributed by atoms with E-state index in [2.05, 4.69) is 32.5 Å². The van der Waals surface area contributed by atoms with E-state index in [0.717, 1.165) is 17.4 Å². The van der Waals surface area contributed by atoms with E-state index in [1.807, 2.05) is 11.8 Å². The van der Waals surface area contributed by atoms with Gasteiger partial charge in [0.1, 0.15) is 5.69 Å². The molecule has 2 N–H and O–H groups in total. The predicted molar refractivity (Wildman–Crippen MR) is 73.1 cm³/mol. The molecular weight excluding hydrogens is 288 g/mol. The van der Waals surface area contributed by atoms with Crippen molar-refractivity contribution in [2.24, 2.45) is 0 Å². The maximum absolute atomic E-state index is 11.6. The summed E-state index contributed by atoms with van der Waals surface area (Å²) in [5.41, 5.74) is 0.607. The zero-order valence-corrected chi connectivity index (χ0v) is 11.8. The van der Waals surface area contributed by atoms with E-state index in [1.54, 1.807) is 12.3 Å². The third-order valence-corrected chi connectivity index (χ3v) is 3.36. The van der Waals surface area contributed by atoms with Crippen LogP contribution in [0, 0.1) is 0 Å². The molecule has 1 amide bonds. The summed E-state index contributed by atoms with van der Waals surface area (Å²) in [6.45, 7) is 0.754. The lowest BCUT2D eigenvalue weighted by molar-refractivity contribution is 0.0948. The van der Waals surface area contributed by atoms with Crippen LogP contribution in [-0.2, 0) is 0 Å². The second kappa shape index (κ2) is 7.79. The van der Waals surface area contributed by atoms with Crippen molar-refractivity contribution in [1.29, 1.82) is 0 Å². The third-order valence-electron chi connectivity index (χ3n) is 2.20. The van der Waals surface area contributed by atoms with Gasteiger partial charge in [-0.1, -0.05) is 6.42 Å². The van der Waals surface area contributed by atoms with Gasteiger partial charge in [0, 0.05) is 17.2 Å². The lowest BCUT2D eigenvalue weighted by Gasteiger charge is -2.03. The summed E-state index contributed by atoms with van der Waals surface area (Å²) in [6.07, 6.45) is 7.33. The Balaban J connectivity index is 2.11. The van der Waals surface area contributed by atoms with Crippen LogP contribution in [0.4, 0.5) is 0 Å². The largest absolute Gasteiger partial charge is 0.356 e. The number of hydrogen-bond acceptors (Lipinski definition) is 2. The molecule has 1 aromatic heterocycles. The Kier molecular flexibility index (Phi) is 6.64. The van der Waals surface area contributed by atoms with Crippen molar-refractivity contribution in [2.75, 3.05) is 18.6 Å². The number of hydrogen-bond donors (Lipinski definition) is 2. The van der Waals surface area contributed by atoms with Crippen LogP contribution < -0.4 is 5.32 Å². The van der Waals surface area contributed by atoms with E-state index >= 15 is 0 Å². The van der Waals surface area contributed by atoms with E-state index < -0.39 is 0 Å². The Labute approximate surface area is 109 Å². The number of thioether (sulfide) groups is 1. The fourth-order valence-corrected chi connectivity index (χ4v) is 2.18. The topological polar surface area (TPSA) is 44.9 Å². The molecule has 0 unspecified atom stereocenters. The molecule has 0 spiro atoms. The second-order valence-electron chi connectivity index (χ2n) is 3.54. The number of rotatable bonds is 7. The number of aromatic amines is 1. The van der Waals surface area contributed by atoms with Crippen molar-refractivity contribution in [3.8, 4) is 0 Å². The normalized spacial score (nSPS) is 10.4. The van der Waals surface area contributed by atoms with Crippen molar-refractivity contribution in [3.63, 3.8) is 0 Å². The molecular formula is C11H17BrN2OS. The van der Waals surface area contributed by atoms with E-state index in [1.165, 1.54) is 18.6 Å². The van der Waals surface area contributed by atoms with Gasteiger partial charge in [0.25, 0.3) is 5.91 Å². The molecule has 1 aromatic rings. The van der Waals surface area contributed by atoms with Gasteiger partial charge >= 0.3 is 0 Å². The van der Waals surface area contributed by atoms with Gasteiger partial charge in [-0.05, 0) is 46.8 Å². The number of H-pyrrole nitrogens is 1. The predicted octanol–water partition coefficient (Wildman–Crippen LogP) is 3.04. The molecule has 0 fully saturated rings. The lowest BCUT2D eigenvalue weighted by atomic mass is 10.2. The van der Waals surface area contributed by atoms with Crippen molar-refractivity contribution in [1.82, 2.24) is 10.3 Å². The van der Waals surface area contributed by atoms with Gasteiger partial charge in [-0.2, -0.15) is 11.8 Å². The van der Waals surface area contributed by atoms with Gasteiger partial charge in [-0.25, -0.2) is 0 Å². The highest BCUT2D eigenvalue weighted by Crippen LogP contribution is 2.10. The van der Waals surface area contributed by atoms with E-state index in [-0.39, 0.29) is 5.91 Å². The molecule has 0 aliphatic rings. The lowest BCUT2D eigenvalue weighted by Crippen LogP contribution is -2.24. The van der Waals surface area contributed by atoms with Crippen LogP contribution in [0.3, 0.4) is 0 Å². The summed E-state index contributed by atoms with van der Waals surface area (Å²) < 4.78 is 0.901. The molecule has 0 aliphatic heterocycles. The second-order valence-corrected chi connectivity index (χ2v) is 5.44. The molecule has 90 valence electrons. The van der Waals surface area contributed by atoms with Crippen molar-refractivity contribution >= 4 is 33.6 Å². The minimum Gasteiger partial charge on any atom is -0.356 e. The maximum Gasteiger partial charge on any atom is 0.267 e. The Morgan fingerprint density at radius 2 is 2.31 bits per heavy atom. The molecule has 0 atom stereocenters. The van der Waals surface area contributed by atoms with Crippen LogP contribution >= 0.6 is 27.7 Å². The molecule has 0 saturated heterocycles. The van der Waals surface area contributed by atoms with Gasteiger partial charge in [-0.3, -0.25) is 4.79 Å². The van der Waals surface area contributed by atoms with E-state index in [9.17, 15) is 4.79 Å². The number of halogens is 1. The number of carbonyl (C=O) groups is 1. The molecule has 0 aliphatic carbocycles. The molecule has 1 rings (SSSR count). The number of nitrogens with one attached hydrogen (secondary N) is 2. The van der Waals surface area contributed by atoms with Crippen LogP contribution in [-0.4, -0.2) is 29.4 Å². The quantitative estimate of drug-likeness (QED) is 0.761. The zero-order chi connectivity index (χ0) is 11.8. The van der Waals surface area contributed by atoms with Gasteiger partial charge in [-0.15, -0.1) is 0 Å². The monoisotopic (exact) mass is 304 g/mol. The molecule has 5 heteroatoms. The molecule has 3 nitrogen and oxygen atoms in total. The van der Waals surface area contributed by atoms with Gasteiger partial charge in [0.15, 0.2) is 0 Å². The van der Waals surface area contributed by atoms with Crippen LogP contribution in [0.15, 0.2) is 16.7 Å². The fourth-order valence-electron chi connectivity index (χ4n) is 1.34. The van der Waals surface area contributed by atoms with Gasteiger partial charge < -0.3 is 10.3 Å². The number of carbonyl (C=O) groups excluding carboxylic acids is 1. The number of unbranched alkanes of at least 4 members (excludes halogenated alkanes) is 2. The Bertz CT molecular complexity index is 328. The fraction of sp³-hybridized carbons (Fsp3) is 0.545. The van der Waals surface area contributed by atoms with Crippen LogP contribution in [0.5, 0.6) is 0 Å². The molecule has 16 heavy (non-hydrogen) atoms. The van der Waals surface area contributed by atoms with Crippen molar-refractivity contribution in [3.05, 3.63) is 22.4 Å². The van der Waals surface area contributed by atoms with Gasteiger partial charge in [0.05, 0.1) is 0 Å². The molecule has 0 saturated carbocycles. The van der Waals surface area contributed by atoms with Crippen molar-refractivity contribution in [2.45, 2.75) is 19.3 Å². The summed E-state index contributed by atoms with van der Waals surface area (Å²) in [6, 6.07) is 1.78. The first-order valence-electron chi connectivity index (χ1n) is 5.35. The first-order chi connectivity index (χ1) is 7.74. The third kappa shape index (κ3) is 5.07. The summed E-state index contributed by atoms with van der Waals surface area (Å²) in [4.78, 5) is 14.5. The van der Waals surface area contributed by atoms with Crippen LogP contribution in [0.25, 0.3) is 0 Å². The SMILES string of the molecule is CSCCCCCNC(=O)c1cc(Br)c[nH]1. The summed E-state index contributed by atoms with van der Waals surface area (Å²) in [7, 11) is 0. The molecule has 0 bridgehead atoms. The summed E-state index contributed by atoms with van der Waals surface area (Å²) in [5.74, 6) is 1.17. The Morgan fingerprint density at radius 3 is 2.94 bits per heavy atom. The van der Waals surface area contributed by atoms with E-state index in [0.29, 0.717) is 5.69 Å². The summed E-state index contributed by atoms with van der Waals surface area (Å²) >= 11 is 5.17. The van der Waals surface area contributed by atoms with Gasteiger partial charge in [0.2, 0.25) is 0 Å². The standard InChI is InChI=1S/C11H17BrN2OS/c1-16-6-4-2-3-5-13-11(15)10-7-9(12)8-14-10/h7-8,14H,2-6H2,1H3,(H,13,15). The number of aromatic nitrogens is 1. The molecule has 0 radical (unpaired) electrons. The van der Waals surface area contributed by atoms with Crippen LogP contribution in [0.1, 0.15) is 29.8 Å². The molecule has 0 aromatic carbocycles. The minimum atomic E-state index is -0.0319. The Morgan fingerprint density at radius 1 is 1.50 bits per heavy atom.